The van der Waals surface area contributed by atoms with Crippen molar-refractivity contribution in [3.05, 3.63) is 0 Å². The van der Waals surface area contributed by atoms with E-state index in [1.54, 1.807) is 0 Å². The summed E-state index contributed by atoms with van der Waals surface area (Å²) in [6.45, 7) is 10.8. The van der Waals surface area contributed by atoms with E-state index in [4.69, 9.17) is 23.7 Å². The van der Waals surface area contributed by atoms with Gasteiger partial charge in [0.2, 0.25) is 0 Å². The zero-order valence-corrected chi connectivity index (χ0v) is 11.9. The first kappa shape index (κ1) is 15.9. The molecule has 1 aliphatic rings. The Morgan fingerprint density at radius 3 is 1.89 bits per heavy atom. The molecule has 0 bridgehead atoms. The van der Waals surface area contributed by atoms with E-state index < -0.39 is 0 Å². The second-order valence-electron chi connectivity index (χ2n) is 3.99. The van der Waals surface area contributed by atoms with Crippen LogP contribution < -0.4 is 0 Å². The second-order valence-corrected chi connectivity index (χ2v) is 3.99. The van der Waals surface area contributed by atoms with Crippen LogP contribution in [0.2, 0.25) is 0 Å². The quantitative estimate of drug-likeness (QED) is 0.665. The third-order valence-electron chi connectivity index (χ3n) is 2.81. The molecule has 0 aromatic heterocycles. The summed E-state index contributed by atoms with van der Waals surface area (Å²) in [5, 5.41) is 0. The average molecular weight is 262 g/mol. The first-order valence-electron chi connectivity index (χ1n) is 6.86. The van der Waals surface area contributed by atoms with Gasteiger partial charge in [0.05, 0.1) is 6.61 Å². The molecular formula is C13H26O5. The van der Waals surface area contributed by atoms with E-state index in [0.29, 0.717) is 33.0 Å². The minimum absolute atomic E-state index is 0.0943. The van der Waals surface area contributed by atoms with Crippen molar-refractivity contribution >= 4 is 0 Å². The highest BCUT2D eigenvalue weighted by atomic mass is 16.7. The van der Waals surface area contributed by atoms with Gasteiger partial charge in [0.1, 0.15) is 18.3 Å². The maximum atomic E-state index is 5.78. The van der Waals surface area contributed by atoms with Crippen LogP contribution in [0, 0.1) is 0 Å². The summed E-state index contributed by atoms with van der Waals surface area (Å²) in [6.07, 6.45) is -0.841. The summed E-state index contributed by atoms with van der Waals surface area (Å²) in [5.74, 6) is 0. The van der Waals surface area contributed by atoms with Gasteiger partial charge < -0.3 is 23.7 Å². The molecule has 4 atom stereocenters. The van der Waals surface area contributed by atoms with Crippen LogP contribution in [0.15, 0.2) is 0 Å². The molecule has 1 heterocycles. The SMILES string of the molecule is CCOC1OC[C@@H](OCC)[C@@H](OCC)[C@@H]1OCC. The molecule has 5 heteroatoms. The van der Waals surface area contributed by atoms with Crippen molar-refractivity contribution in [3.8, 4) is 0 Å². The molecule has 0 aromatic carbocycles. The Morgan fingerprint density at radius 2 is 1.33 bits per heavy atom. The van der Waals surface area contributed by atoms with Crippen molar-refractivity contribution in [1.82, 2.24) is 0 Å². The topological polar surface area (TPSA) is 46.2 Å². The Labute approximate surface area is 110 Å². The summed E-state index contributed by atoms with van der Waals surface area (Å²) in [5.41, 5.74) is 0. The lowest BCUT2D eigenvalue weighted by Gasteiger charge is -2.41. The van der Waals surface area contributed by atoms with Crippen LogP contribution in [0.3, 0.4) is 0 Å². The molecule has 0 radical (unpaired) electrons. The highest BCUT2D eigenvalue weighted by molar-refractivity contribution is 4.86. The lowest BCUT2D eigenvalue weighted by molar-refractivity contribution is -0.291. The van der Waals surface area contributed by atoms with Crippen molar-refractivity contribution in [2.45, 2.75) is 52.3 Å². The zero-order chi connectivity index (χ0) is 13.4. The normalized spacial score (nSPS) is 32.7. The number of hydrogen-bond donors (Lipinski definition) is 0. The predicted molar refractivity (Wildman–Crippen MR) is 67.6 cm³/mol. The van der Waals surface area contributed by atoms with E-state index in [9.17, 15) is 0 Å². The molecule has 1 fully saturated rings. The van der Waals surface area contributed by atoms with E-state index in [-0.39, 0.29) is 24.6 Å². The summed E-state index contributed by atoms with van der Waals surface area (Å²) >= 11 is 0. The van der Waals surface area contributed by atoms with Crippen molar-refractivity contribution in [2.75, 3.05) is 33.0 Å². The maximum Gasteiger partial charge on any atom is 0.186 e. The van der Waals surface area contributed by atoms with Crippen LogP contribution in [0.4, 0.5) is 0 Å². The number of rotatable bonds is 8. The Bertz CT molecular complexity index is 190. The van der Waals surface area contributed by atoms with E-state index >= 15 is 0 Å². The van der Waals surface area contributed by atoms with Gasteiger partial charge in [0.25, 0.3) is 0 Å². The second kappa shape index (κ2) is 8.82. The number of hydrogen-bond acceptors (Lipinski definition) is 5. The van der Waals surface area contributed by atoms with Crippen molar-refractivity contribution in [1.29, 1.82) is 0 Å². The Kier molecular flexibility index (Phi) is 7.77. The number of ether oxygens (including phenoxy) is 5. The molecule has 108 valence electrons. The Morgan fingerprint density at radius 1 is 0.778 bits per heavy atom. The Hall–Kier alpha value is -0.200. The summed E-state index contributed by atoms with van der Waals surface area (Å²) in [4.78, 5) is 0. The summed E-state index contributed by atoms with van der Waals surface area (Å²) in [6, 6.07) is 0. The van der Waals surface area contributed by atoms with Gasteiger partial charge in [-0.05, 0) is 27.7 Å². The fourth-order valence-electron chi connectivity index (χ4n) is 2.17. The van der Waals surface area contributed by atoms with Crippen molar-refractivity contribution < 1.29 is 23.7 Å². The summed E-state index contributed by atoms with van der Waals surface area (Å²) < 4.78 is 28.4. The van der Waals surface area contributed by atoms with Gasteiger partial charge in [0, 0.05) is 26.4 Å². The van der Waals surface area contributed by atoms with Gasteiger partial charge in [-0.2, -0.15) is 0 Å². The van der Waals surface area contributed by atoms with Crippen LogP contribution >= 0.6 is 0 Å². The van der Waals surface area contributed by atoms with Crippen molar-refractivity contribution in [3.63, 3.8) is 0 Å². The van der Waals surface area contributed by atoms with Crippen molar-refractivity contribution in [2.24, 2.45) is 0 Å². The third kappa shape index (κ3) is 4.17. The molecule has 0 N–H and O–H groups in total. The van der Waals surface area contributed by atoms with Crippen LogP contribution in [0.5, 0.6) is 0 Å². The highest BCUT2D eigenvalue weighted by Crippen LogP contribution is 2.24. The smallest absolute Gasteiger partial charge is 0.186 e. The predicted octanol–water partition coefficient (Wildman–Crippen LogP) is 1.59. The highest BCUT2D eigenvalue weighted by Gasteiger charge is 2.42. The molecule has 0 spiro atoms. The molecule has 0 saturated carbocycles. The van der Waals surface area contributed by atoms with Gasteiger partial charge in [-0.15, -0.1) is 0 Å². The molecule has 5 nitrogen and oxygen atoms in total. The van der Waals surface area contributed by atoms with Gasteiger partial charge in [-0.1, -0.05) is 0 Å². The Balaban J connectivity index is 2.72. The summed E-state index contributed by atoms with van der Waals surface area (Å²) in [7, 11) is 0. The van der Waals surface area contributed by atoms with Crippen LogP contribution in [-0.2, 0) is 23.7 Å². The van der Waals surface area contributed by atoms with E-state index in [1.165, 1.54) is 0 Å². The molecule has 0 amide bonds. The first-order valence-corrected chi connectivity index (χ1v) is 6.86. The fraction of sp³-hybridized carbons (Fsp3) is 1.00. The molecule has 0 aliphatic carbocycles. The molecule has 0 aromatic rings. The molecule has 1 aliphatic heterocycles. The minimum atomic E-state index is -0.372. The molecule has 1 saturated heterocycles. The maximum absolute atomic E-state index is 5.78. The molecule has 18 heavy (non-hydrogen) atoms. The van der Waals surface area contributed by atoms with E-state index in [1.807, 2.05) is 27.7 Å². The molecule has 1 rings (SSSR count). The molecule has 1 unspecified atom stereocenters. The lowest BCUT2D eigenvalue weighted by atomic mass is 10.0. The van der Waals surface area contributed by atoms with Crippen LogP contribution in [0.25, 0.3) is 0 Å². The van der Waals surface area contributed by atoms with Gasteiger partial charge in [-0.3, -0.25) is 0 Å². The fourth-order valence-corrected chi connectivity index (χ4v) is 2.17. The minimum Gasteiger partial charge on any atom is -0.373 e. The van der Waals surface area contributed by atoms with Gasteiger partial charge in [-0.25, -0.2) is 0 Å². The van der Waals surface area contributed by atoms with Gasteiger partial charge >= 0.3 is 0 Å². The monoisotopic (exact) mass is 262 g/mol. The van der Waals surface area contributed by atoms with E-state index in [0.717, 1.165) is 0 Å². The standard InChI is InChI=1S/C13H26O5/c1-5-14-10-9-18-13(17-8-4)12(16-7-3)11(10)15-6-2/h10-13H,5-9H2,1-4H3/t10-,11-,12+,13?/m1/s1. The van der Waals surface area contributed by atoms with Crippen LogP contribution in [0.1, 0.15) is 27.7 Å². The lowest BCUT2D eigenvalue weighted by Crippen LogP contribution is -2.57. The van der Waals surface area contributed by atoms with Crippen LogP contribution in [-0.4, -0.2) is 57.6 Å². The largest absolute Gasteiger partial charge is 0.373 e. The van der Waals surface area contributed by atoms with E-state index in [2.05, 4.69) is 0 Å². The van der Waals surface area contributed by atoms with Gasteiger partial charge in [0.15, 0.2) is 6.29 Å². The average Bonchev–Trinajstić information content (AvgIpc) is 2.37. The zero-order valence-electron chi connectivity index (χ0n) is 11.9. The molecular weight excluding hydrogens is 236 g/mol. The first-order chi connectivity index (χ1) is 8.78. The third-order valence-corrected chi connectivity index (χ3v) is 2.81.